The maximum Gasteiger partial charge on any atom is 0.251 e. The summed E-state index contributed by atoms with van der Waals surface area (Å²) in [7, 11) is 1.69. The number of carbonyl (C=O) groups is 2. The number of amides is 2. The number of hydrogen-bond donors (Lipinski definition) is 3. The quantitative estimate of drug-likeness (QED) is 0.193. The summed E-state index contributed by atoms with van der Waals surface area (Å²) < 4.78 is 0. The highest BCUT2D eigenvalue weighted by Crippen LogP contribution is 2.20. The second-order valence-corrected chi connectivity index (χ2v) is 7.78. The van der Waals surface area contributed by atoms with Gasteiger partial charge < -0.3 is 20.9 Å². The van der Waals surface area contributed by atoms with E-state index < -0.39 is 0 Å². The Balaban J connectivity index is 0.00000480. The lowest BCUT2D eigenvalue weighted by atomic mass is 9.93. The van der Waals surface area contributed by atoms with E-state index in [0.717, 1.165) is 56.8 Å². The molecule has 0 bridgehead atoms. The predicted octanol–water partition coefficient (Wildman–Crippen LogP) is 3.15. The lowest BCUT2D eigenvalue weighted by molar-refractivity contribution is -0.121. The van der Waals surface area contributed by atoms with Gasteiger partial charge in [0.05, 0.1) is 6.54 Å². The van der Waals surface area contributed by atoms with Crippen LogP contribution in [-0.2, 0) is 11.3 Å². The molecule has 7 nitrogen and oxygen atoms in total. The van der Waals surface area contributed by atoms with Gasteiger partial charge in [0, 0.05) is 45.2 Å². The minimum atomic E-state index is -0.0218. The largest absolute Gasteiger partial charge is 0.359 e. The number of nitrogens with one attached hydrogen (secondary N) is 3. The average molecular weight is 543 g/mol. The van der Waals surface area contributed by atoms with Crippen molar-refractivity contribution < 1.29 is 9.59 Å². The highest BCUT2D eigenvalue weighted by molar-refractivity contribution is 14.0. The van der Waals surface area contributed by atoms with Crippen LogP contribution in [0, 0.1) is 5.92 Å². The molecule has 31 heavy (non-hydrogen) atoms. The van der Waals surface area contributed by atoms with Crippen LogP contribution < -0.4 is 16.0 Å². The normalized spacial score (nSPS) is 14.5. The Morgan fingerprint density at radius 3 is 2.35 bits per heavy atom. The molecule has 1 aromatic rings. The summed E-state index contributed by atoms with van der Waals surface area (Å²) in [5, 5.41) is 9.04. The summed E-state index contributed by atoms with van der Waals surface area (Å²) in [6.07, 6.45) is 4.67. The summed E-state index contributed by atoms with van der Waals surface area (Å²) in [5.41, 5.74) is 1.76. The van der Waals surface area contributed by atoms with Gasteiger partial charge >= 0.3 is 0 Å². The molecule has 1 aromatic carbocycles. The molecule has 1 aliphatic heterocycles. The smallest absolute Gasteiger partial charge is 0.251 e. The van der Waals surface area contributed by atoms with Gasteiger partial charge in [0.1, 0.15) is 0 Å². The maximum absolute atomic E-state index is 12.1. The molecule has 2 amide bonds. The van der Waals surface area contributed by atoms with Gasteiger partial charge in [-0.05, 0) is 49.8 Å². The number of halogens is 1. The van der Waals surface area contributed by atoms with Crippen LogP contribution in [0.5, 0.6) is 0 Å². The summed E-state index contributed by atoms with van der Waals surface area (Å²) >= 11 is 0. The minimum absolute atomic E-state index is 0. The number of rotatable bonds is 9. The Labute approximate surface area is 203 Å². The topological polar surface area (TPSA) is 85.8 Å². The monoisotopic (exact) mass is 543 g/mol. The first-order valence-corrected chi connectivity index (χ1v) is 11.2. The fourth-order valence-electron chi connectivity index (χ4n) is 3.55. The Bertz CT molecular complexity index is 700. The zero-order valence-electron chi connectivity index (χ0n) is 19.1. The lowest BCUT2D eigenvalue weighted by Gasteiger charge is -2.34. The molecule has 1 fully saturated rings. The van der Waals surface area contributed by atoms with Gasteiger partial charge in [-0.1, -0.05) is 25.5 Å². The number of nitrogens with zero attached hydrogens (tertiary/aromatic N) is 2. The van der Waals surface area contributed by atoms with Crippen LogP contribution in [0.1, 0.15) is 61.9 Å². The summed E-state index contributed by atoms with van der Waals surface area (Å²) in [5.74, 6) is 1.46. The van der Waals surface area contributed by atoms with Gasteiger partial charge in [-0.3, -0.25) is 9.59 Å². The first kappa shape index (κ1) is 27.2. The van der Waals surface area contributed by atoms with Crippen molar-refractivity contribution in [2.24, 2.45) is 10.9 Å². The molecule has 1 aliphatic rings. The predicted molar refractivity (Wildman–Crippen MR) is 137 cm³/mol. The molecule has 8 heteroatoms. The molecule has 0 radical (unpaired) electrons. The fourth-order valence-corrected chi connectivity index (χ4v) is 3.55. The zero-order valence-corrected chi connectivity index (χ0v) is 21.4. The van der Waals surface area contributed by atoms with Crippen molar-refractivity contribution in [2.75, 3.05) is 33.2 Å². The SMILES string of the molecule is CCCCNC(=O)c1ccc(CN=C(NCC)N2CCC(CC(=O)NC)CC2)cc1.I. The lowest BCUT2D eigenvalue weighted by Crippen LogP contribution is -2.46. The average Bonchev–Trinajstić information content (AvgIpc) is 2.77. The van der Waals surface area contributed by atoms with Crippen LogP contribution in [0.15, 0.2) is 29.3 Å². The number of piperidine rings is 1. The van der Waals surface area contributed by atoms with E-state index in [2.05, 4.69) is 34.7 Å². The van der Waals surface area contributed by atoms with Crippen molar-refractivity contribution in [1.29, 1.82) is 0 Å². The number of benzene rings is 1. The van der Waals surface area contributed by atoms with Crippen LogP contribution in [0.4, 0.5) is 0 Å². The van der Waals surface area contributed by atoms with E-state index in [-0.39, 0.29) is 35.8 Å². The molecule has 1 saturated heterocycles. The van der Waals surface area contributed by atoms with E-state index in [9.17, 15) is 9.59 Å². The number of hydrogen-bond acceptors (Lipinski definition) is 3. The van der Waals surface area contributed by atoms with Gasteiger partial charge in [0.25, 0.3) is 5.91 Å². The second kappa shape index (κ2) is 15.0. The molecule has 0 spiro atoms. The van der Waals surface area contributed by atoms with Gasteiger partial charge in [-0.15, -0.1) is 24.0 Å². The number of aliphatic imine (C=N–C) groups is 1. The molecule has 0 saturated carbocycles. The molecule has 3 N–H and O–H groups in total. The fraction of sp³-hybridized carbons (Fsp3) is 0.609. The van der Waals surface area contributed by atoms with Crippen LogP contribution in [0.2, 0.25) is 0 Å². The Morgan fingerprint density at radius 1 is 1.10 bits per heavy atom. The van der Waals surface area contributed by atoms with Gasteiger partial charge in [0.15, 0.2) is 5.96 Å². The van der Waals surface area contributed by atoms with Crippen LogP contribution in [-0.4, -0.2) is 55.9 Å². The third kappa shape index (κ3) is 9.45. The molecule has 2 rings (SSSR count). The molecular weight excluding hydrogens is 505 g/mol. The molecule has 0 aromatic heterocycles. The Morgan fingerprint density at radius 2 is 1.77 bits per heavy atom. The third-order valence-corrected chi connectivity index (χ3v) is 5.45. The minimum Gasteiger partial charge on any atom is -0.359 e. The first-order chi connectivity index (χ1) is 14.6. The standard InChI is InChI=1S/C23H37N5O2.HI/c1-4-6-13-26-22(30)20-9-7-19(8-10-20)17-27-23(25-5-2)28-14-11-18(12-15-28)16-21(29)24-3;/h7-10,18H,4-6,11-17H2,1-3H3,(H,24,29)(H,25,27)(H,26,30);1H. The third-order valence-electron chi connectivity index (χ3n) is 5.45. The Hall–Kier alpha value is -1.84. The van der Waals surface area contributed by atoms with Crippen molar-refractivity contribution in [2.45, 2.75) is 52.5 Å². The van der Waals surface area contributed by atoms with E-state index in [0.29, 0.717) is 31.0 Å². The van der Waals surface area contributed by atoms with E-state index in [4.69, 9.17) is 4.99 Å². The van der Waals surface area contributed by atoms with E-state index in [1.54, 1.807) is 7.05 Å². The van der Waals surface area contributed by atoms with Crippen molar-refractivity contribution in [3.05, 3.63) is 35.4 Å². The molecule has 0 unspecified atom stereocenters. The van der Waals surface area contributed by atoms with Gasteiger partial charge in [-0.2, -0.15) is 0 Å². The number of likely N-dealkylation sites (tertiary alicyclic amines) is 1. The molecule has 0 atom stereocenters. The number of unbranched alkanes of at least 4 members (excludes halogenated alkanes) is 1. The van der Waals surface area contributed by atoms with Crippen LogP contribution in [0.3, 0.4) is 0 Å². The van der Waals surface area contributed by atoms with E-state index in [1.165, 1.54) is 0 Å². The number of guanidine groups is 1. The highest BCUT2D eigenvalue weighted by atomic mass is 127. The summed E-state index contributed by atoms with van der Waals surface area (Å²) in [4.78, 5) is 30.8. The van der Waals surface area contributed by atoms with Gasteiger partial charge in [-0.25, -0.2) is 4.99 Å². The van der Waals surface area contributed by atoms with Crippen molar-refractivity contribution in [3.63, 3.8) is 0 Å². The molecular formula is C23H38IN5O2. The Kier molecular flexibility index (Phi) is 13.2. The van der Waals surface area contributed by atoms with Crippen LogP contribution in [0.25, 0.3) is 0 Å². The number of carbonyl (C=O) groups excluding carboxylic acids is 2. The van der Waals surface area contributed by atoms with E-state index >= 15 is 0 Å². The summed E-state index contributed by atoms with van der Waals surface area (Å²) in [6.45, 7) is 8.09. The zero-order chi connectivity index (χ0) is 21.8. The summed E-state index contributed by atoms with van der Waals surface area (Å²) in [6, 6.07) is 7.67. The van der Waals surface area contributed by atoms with E-state index in [1.807, 2.05) is 24.3 Å². The van der Waals surface area contributed by atoms with Crippen molar-refractivity contribution in [1.82, 2.24) is 20.9 Å². The molecule has 0 aliphatic carbocycles. The molecule has 1 heterocycles. The van der Waals surface area contributed by atoms with Crippen LogP contribution >= 0.6 is 24.0 Å². The van der Waals surface area contributed by atoms with Crippen molar-refractivity contribution >= 4 is 41.8 Å². The highest BCUT2D eigenvalue weighted by Gasteiger charge is 2.23. The van der Waals surface area contributed by atoms with Gasteiger partial charge in [0.2, 0.25) is 5.91 Å². The second-order valence-electron chi connectivity index (χ2n) is 7.78. The van der Waals surface area contributed by atoms with Crippen molar-refractivity contribution in [3.8, 4) is 0 Å². The first-order valence-electron chi connectivity index (χ1n) is 11.2. The molecule has 174 valence electrons. The maximum atomic E-state index is 12.1.